The van der Waals surface area contributed by atoms with Crippen molar-refractivity contribution >= 4 is 69.2 Å². The standard InChI is InChI=1S/C63H57N3O2/c64-46-63-50(29-23-48-26-34-55(35-27-48)66(53-15-7-2-8-16-53)57-38-42-61(43-39-57)68-59-19-11-4-12-20-59)30-31-51-45-49(28-44-62(51)63)22-21-47-24-32-54(33-25-47)65(52-13-5-1-6-14-52)56-36-40-60(41-37-56)67-58-17-9-3-10-18-58/h1-2,5-8,13-16,21-45,58-59H,3-4,9-12,17-20H2. The molecule has 10 rings (SSSR count). The maximum Gasteiger partial charge on any atom is 0.119 e. The first-order valence-corrected chi connectivity index (χ1v) is 24.4. The molecule has 5 heteroatoms. The minimum absolute atomic E-state index is 0.316. The summed E-state index contributed by atoms with van der Waals surface area (Å²) in [5, 5.41) is 12.4. The molecule has 0 spiro atoms. The summed E-state index contributed by atoms with van der Waals surface area (Å²) in [6.45, 7) is 0. The molecule has 0 N–H and O–H groups in total. The van der Waals surface area contributed by atoms with Crippen LogP contribution in [-0.2, 0) is 0 Å². The first kappa shape index (κ1) is 44.0. The van der Waals surface area contributed by atoms with Gasteiger partial charge in [-0.25, -0.2) is 0 Å². The topological polar surface area (TPSA) is 48.7 Å². The SMILES string of the molecule is N#Cc1c(C=Cc2ccc(N(c3ccccc3)c3ccc(OC4CCCCC4)cc3)cc2)ccc2cc(C=Cc3ccc(N(c4ccccc4)c4ccc(OC5CCCCC5)cc4)cc3)ccc12. The van der Waals surface area contributed by atoms with E-state index in [9.17, 15) is 5.26 Å². The number of fused-ring (bicyclic) bond motifs is 1. The maximum absolute atomic E-state index is 10.4. The van der Waals surface area contributed by atoms with Crippen molar-refractivity contribution in [1.82, 2.24) is 0 Å². The van der Waals surface area contributed by atoms with Crippen molar-refractivity contribution < 1.29 is 9.47 Å². The van der Waals surface area contributed by atoms with Crippen molar-refractivity contribution in [2.45, 2.75) is 76.4 Å². The van der Waals surface area contributed by atoms with Gasteiger partial charge in [0.05, 0.1) is 17.8 Å². The first-order chi connectivity index (χ1) is 33.6. The van der Waals surface area contributed by atoms with Crippen LogP contribution in [0.5, 0.6) is 11.5 Å². The van der Waals surface area contributed by atoms with E-state index in [1.807, 2.05) is 18.2 Å². The fraction of sp³-hybridized carbons (Fsp3) is 0.190. The number of hydrogen-bond donors (Lipinski definition) is 0. The van der Waals surface area contributed by atoms with Gasteiger partial charge >= 0.3 is 0 Å². The molecule has 336 valence electrons. The summed E-state index contributed by atoms with van der Waals surface area (Å²) in [6, 6.07) is 68.2. The van der Waals surface area contributed by atoms with Gasteiger partial charge in [-0.05, 0) is 182 Å². The molecule has 2 saturated carbocycles. The molecule has 68 heavy (non-hydrogen) atoms. The van der Waals surface area contributed by atoms with Gasteiger partial charge in [0.2, 0.25) is 0 Å². The number of nitrogens with zero attached hydrogens (tertiary/aromatic N) is 3. The first-order valence-electron chi connectivity index (χ1n) is 24.4. The fourth-order valence-corrected chi connectivity index (χ4v) is 9.73. The molecule has 0 aromatic heterocycles. The van der Waals surface area contributed by atoms with Crippen LogP contribution in [0.2, 0.25) is 0 Å². The molecule has 0 heterocycles. The molecule has 0 unspecified atom stereocenters. The second-order valence-electron chi connectivity index (χ2n) is 18.1. The zero-order valence-electron chi connectivity index (χ0n) is 38.6. The average Bonchev–Trinajstić information content (AvgIpc) is 3.40. The molecule has 0 radical (unpaired) electrons. The van der Waals surface area contributed by atoms with Crippen molar-refractivity contribution in [2.24, 2.45) is 0 Å². The number of nitriles is 1. The fourth-order valence-electron chi connectivity index (χ4n) is 9.73. The molecule has 0 saturated heterocycles. The van der Waals surface area contributed by atoms with Crippen LogP contribution < -0.4 is 19.3 Å². The minimum atomic E-state index is 0.316. The van der Waals surface area contributed by atoms with Gasteiger partial charge in [-0.15, -0.1) is 0 Å². The number of rotatable bonds is 14. The van der Waals surface area contributed by atoms with E-state index in [0.717, 1.165) is 104 Å². The zero-order chi connectivity index (χ0) is 45.9. The molecule has 2 aliphatic carbocycles. The molecule has 0 amide bonds. The van der Waals surface area contributed by atoms with Gasteiger partial charge in [-0.1, -0.05) is 122 Å². The number of benzene rings is 8. The van der Waals surface area contributed by atoms with Crippen LogP contribution in [0.3, 0.4) is 0 Å². The van der Waals surface area contributed by atoms with E-state index in [1.54, 1.807) is 0 Å². The molecule has 0 bridgehead atoms. The molecule has 2 aliphatic rings. The van der Waals surface area contributed by atoms with Crippen LogP contribution in [-0.4, -0.2) is 12.2 Å². The van der Waals surface area contributed by atoms with Crippen molar-refractivity contribution in [3.05, 3.63) is 216 Å². The summed E-state index contributed by atoms with van der Waals surface area (Å²) in [5.41, 5.74) is 11.3. The lowest BCUT2D eigenvalue weighted by molar-refractivity contribution is 0.155. The Bertz CT molecular complexity index is 3000. The highest BCUT2D eigenvalue weighted by Crippen LogP contribution is 2.38. The van der Waals surface area contributed by atoms with Gasteiger partial charge in [0, 0.05) is 39.5 Å². The van der Waals surface area contributed by atoms with E-state index in [4.69, 9.17) is 9.47 Å². The molecule has 2 fully saturated rings. The Labute approximate surface area is 401 Å². The van der Waals surface area contributed by atoms with Crippen molar-refractivity contribution in [1.29, 1.82) is 5.26 Å². The third-order valence-corrected chi connectivity index (χ3v) is 13.3. The maximum atomic E-state index is 10.4. The second kappa shape index (κ2) is 21.2. The van der Waals surface area contributed by atoms with Crippen LogP contribution in [0.1, 0.15) is 92.0 Å². The molecular formula is C63H57N3O2. The van der Waals surface area contributed by atoms with E-state index in [-0.39, 0.29) is 0 Å². The molecular weight excluding hydrogens is 831 g/mol. The third-order valence-electron chi connectivity index (χ3n) is 13.3. The lowest BCUT2D eigenvalue weighted by Gasteiger charge is -2.26. The van der Waals surface area contributed by atoms with E-state index in [2.05, 4.69) is 210 Å². The third kappa shape index (κ3) is 10.6. The average molecular weight is 888 g/mol. The van der Waals surface area contributed by atoms with Gasteiger partial charge < -0.3 is 19.3 Å². The number of hydrogen-bond acceptors (Lipinski definition) is 5. The lowest BCUT2D eigenvalue weighted by Crippen LogP contribution is -2.19. The van der Waals surface area contributed by atoms with Crippen LogP contribution in [0.4, 0.5) is 34.1 Å². The molecule has 0 atom stereocenters. The van der Waals surface area contributed by atoms with E-state index in [0.29, 0.717) is 17.8 Å². The van der Waals surface area contributed by atoms with Gasteiger partial charge in [0.1, 0.15) is 17.6 Å². The Kier molecular flexibility index (Phi) is 13.7. The Morgan fingerprint density at radius 2 is 0.794 bits per heavy atom. The summed E-state index contributed by atoms with van der Waals surface area (Å²) < 4.78 is 12.7. The van der Waals surface area contributed by atoms with Gasteiger partial charge in [0.15, 0.2) is 0 Å². The Morgan fingerprint density at radius 1 is 0.397 bits per heavy atom. The van der Waals surface area contributed by atoms with Gasteiger partial charge in [-0.3, -0.25) is 0 Å². The van der Waals surface area contributed by atoms with Crippen LogP contribution in [0.25, 0.3) is 35.1 Å². The summed E-state index contributed by atoms with van der Waals surface area (Å²) >= 11 is 0. The van der Waals surface area contributed by atoms with Gasteiger partial charge in [-0.2, -0.15) is 5.26 Å². The van der Waals surface area contributed by atoms with Gasteiger partial charge in [0.25, 0.3) is 0 Å². The van der Waals surface area contributed by atoms with Crippen molar-refractivity contribution in [3.63, 3.8) is 0 Å². The van der Waals surface area contributed by atoms with E-state index in [1.165, 1.54) is 38.5 Å². The largest absolute Gasteiger partial charge is 0.490 e. The quantitative estimate of drug-likeness (QED) is 0.102. The molecule has 8 aromatic rings. The number of anilines is 6. The highest BCUT2D eigenvalue weighted by Gasteiger charge is 2.18. The highest BCUT2D eigenvalue weighted by molar-refractivity contribution is 5.94. The van der Waals surface area contributed by atoms with Crippen LogP contribution in [0, 0.1) is 11.3 Å². The normalized spacial score (nSPS) is 14.5. The molecule has 0 aliphatic heterocycles. The van der Waals surface area contributed by atoms with E-state index < -0.39 is 0 Å². The summed E-state index contributed by atoms with van der Waals surface area (Å²) in [6.07, 6.45) is 21.2. The minimum Gasteiger partial charge on any atom is -0.490 e. The summed E-state index contributed by atoms with van der Waals surface area (Å²) in [7, 11) is 0. The zero-order valence-corrected chi connectivity index (χ0v) is 38.6. The predicted molar refractivity (Wildman–Crippen MR) is 284 cm³/mol. The Morgan fingerprint density at radius 3 is 1.25 bits per heavy atom. The summed E-state index contributed by atoms with van der Waals surface area (Å²) in [5.74, 6) is 1.87. The lowest BCUT2D eigenvalue weighted by atomic mass is 9.97. The number of ether oxygens (including phenoxy) is 2. The Hall–Kier alpha value is -7.81. The van der Waals surface area contributed by atoms with Crippen LogP contribution in [0.15, 0.2) is 188 Å². The Balaban J connectivity index is 0.820. The van der Waals surface area contributed by atoms with Crippen LogP contribution >= 0.6 is 0 Å². The monoisotopic (exact) mass is 887 g/mol. The van der Waals surface area contributed by atoms with E-state index >= 15 is 0 Å². The van der Waals surface area contributed by atoms with Crippen molar-refractivity contribution in [3.8, 4) is 17.6 Å². The smallest absolute Gasteiger partial charge is 0.119 e. The second-order valence-corrected chi connectivity index (χ2v) is 18.1. The summed E-state index contributed by atoms with van der Waals surface area (Å²) in [4.78, 5) is 4.55. The molecule has 8 aromatic carbocycles. The molecule has 5 nitrogen and oxygen atoms in total. The number of para-hydroxylation sites is 2. The van der Waals surface area contributed by atoms with Crippen molar-refractivity contribution in [2.75, 3.05) is 9.80 Å². The highest BCUT2D eigenvalue weighted by atomic mass is 16.5. The predicted octanol–water partition coefficient (Wildman–Crippen LogP) is 17.4.